The van der Waals surface area contributed by atoms with Gasteiger partial charge in [-0.15, -0.1) is 0 Å². The van der Waals surface area contributed by atoms with E-state index < -0.39 is 27.3 Å². The Bertz CT molecular complexity index is 714. The van der Waals surface area contributed by atoms with Crippen molar-refractivity contribution in [1.29, 1.82) is 0 Å². The molecular weight excluding hydrogens is 320 g/mol. The fourth-order valence-electron chi connectivity index (χ4n) is 2.60. The van der Waals surface area contributed by atoms with Crippen molar-refractivity contribution < 1.29 is 22.7 Å². The van der Waals surface area contributed by atoms with Crippen LogP contribution in [0.1, 0.15) is 18.9 Å². The molecule has 1 aromatic carbocycles. The first kappa shape index (κ1) is 17.3. The van der Waals surface area contributed by atoms with E-state index in [0.717, 1.165) is 11.2 Å². The highest BCUT2D eigenvalue weighted by Crippen LogP contribution is 2.33. The molecule has 126 valence electrons. The number of amides is 3. The van der Waals surface area contributed by atoms with Crippen LogP contribution in [0.25, 0.3) is 0 Å². The minimum atomic E-state index is -3.27. The number of hydrogen-bond acceptors (Lipinski definition) is 5. The Morgan fingerprint density at radius 1 is 1.22 bits per heavy atom. The molecule has 1 N–H and O–H groups in total. The Morgan fingerprint density at radius 3 is 2.30 bits per heavy atom. The second kappa shape index (κ2) is 6.19. The molecule has 1 aromatic rings. The van der Waals surface area contributed by atoms with Crippen molar-refractivity contribution in [3.05, 3.63) is 29.8 Å². The van der Waals surface area contributed by atoms with Crippen molar-refractivity contribution in [2.24, 2.45) is 0 Å². The number of hydrogen-bond donors (Lipinski definition) is 1. The summed E-state index contributed by atoms with van der Waals surface area (Å²) in [5.41, 5.74) is -0.526. The summed E-state index contributed by atoms with van der Waals surface area (Å²) in [7, 11) is -1.72. The van der Waals surface area contributed by atoms with Crippen LogP contribution >= 0.6 is 0 Å². The van der Waals surface area contributed by atoms with Crippen molar-refractivity contribution in [3.63, 3.8) is 0 Å². The lowest BCUT2D eigenvalue weighted by molar-refractivity contribution is -0.131. The fourth-order valence-corrected chi connectivity index (χ4v) is 3.12. The van der Waals surface area contributed by atoms with Gasteiger partial charge in [-0.2, -0.15) is 0 Å². The van der Waals surface area contributed by atoms with Crippen molar-refractivity contribution in [1.82, 2.24) is 10.2 Å². The van der Waals surface area contributed by atoms with Crippen LogP contribution in [0.5, 0.6) is 5.75 Å². The number of urea groups is 1. The summed E-state index contributed by atoms with van der Waals surface area (Å²) in [6, 6.07) is 6.30. The molecule has 0 radical (unpaired) electrons. The second-order valence-electron chi connectivity index (χ2n) is 5.50. The Labute approximate surface area is 135 Å². The molecule has 0 saturated carbocycles. The third-order valence-corrected chi connectivity index (χ3v) is 4.90. The molecule has 0 aromatic heterocycles. The Morgan fingerprint density at radius 2 is 1.83 bits per heavy atom. The first-order valence-electron chi connectivity index (χ1n) is 7.20. The van der Waals surface area contributed by atoms with E-state index in [2.05, 4.69) is 5.32 Å². The van der Waals surface area contributed by atoms with Crippen LogP contribution in [0, 0.1) is 0 Å². The first-order valence-corrected chi connectivity index (χ1v) is 9.26. The molecule has 0 bridgehead atoms. The molecule has 1 aliphatic rings. The number of methoxy groups -OCH3 is 1. The summed E-state index contributed by atoms with van der Waals surface area (Å²) in [5.74, 6) is -0.0429. The summed E-state index contributed by atoms with van der Waals surface area (Å²) in [4.78, 5) is 25.9. The lowest BCUT2D eigenvalue weighted by Crippen LogP contribution is -2.43. The van der Waals surface area contributed by atoms with Crippen LogP contribution in [-0.4, -0.2) is 50.9 Å². The standard InChI is InChI=1S/C15H20N2O5S/c1-4-15(11-5-7-12(22-2)8-6-11)13(18)17(14(19)16-15)9-10-23(3,20)21/h5-8H,4,9-10H2,1-3H3,(H,16,19). The Hall–Kier alpha value is -2.09. The molecule has 7 nitrogen and oxygen atoms in total. The second-order valence-corrected chi connectivity index (χ2v) is 7.76. The summed E-state index contributed by atoms with van der Waals surface area (Å²) in [5, 5.41) is 2.71. The summed E-state index contributed by atoms with van der Waals surface area (Å²) >= 11 is 0. The van der Waals surface area contributed by atoms with E-state index in [1.54, 1.807) is 38.3 Å². The Balaban J connectivity index is 2.31. The molecule has 1 saturated heterocycles. The lowest BCUT2D eigenvalue weighted by Gasteiger charge is -2.26. The minimum Gasteiger partial charge on any atom is -0.497 e. The zero-order chi connectivity index (χ0) is 17.3. The normalized spacial score (nSPS) is 21.4. The van der Waals surface area contributed by atoms with Crippen molar-refractivity contribution >= 4 is 21.8 Å². The van der Waals surface area contributed by atoms with E-state index in [-0.39, 0.29) is 12.3 Å². The quantitative estimate of drug-likeness (QED) is 0.777. The maximum atomic E-state index is 12.8. The third-order valence-electron chi connectivity index (χ3n) is 3.97. The molecule has 2 rings (SSSR count). The lowest BCUT2D eigenvalue weighted by atomic mass is 9.87. The van der Waals surface area contributed by atoms with Gasteiger partial charge in [-0.25, -0.2) is 13.2 Å². The van der Waals surface area contributed by atoms with Crippen molar-refractivity contribution in [2.45, 2.75) is 18.9 Å². The molecule has 3 amide bonds. The summed E-state index contributed by atoms with van der Waals surface area (Å²) in [6.07, 6.45) is 1.43. The van der Waals surface area contributed by atoms with Crippen molar-refractivity contribution in [3.8, 4) is 5.75 Å². The maximum absolute atomic E-state index is 12.8. The number of benzene rings is 1. The number of ether oxygens (including phenoxy) is 1. The molecule has 8 heteroatoms. The maximum Gasteiger partial charge on any atom is 0.325 e. The molecule has 1 fully saturated rings. The van der Waals surface area contributed by atoms with Gasteiger partial charge >= 0.3 is 6.03 Å². The molecule has 23 heavy (non-hydrogen) atoms. The van der Waals surface area contributed by atoms with Crippen LogP contribution in [0.3, 0.4) is 0 Å². The van der Waals surface area contributed by atoms with Gasteiger partial charge in [0.05, 0.1) is 12.9 Å². The molecule has 1 atom stereocenters. The number of carbonyl (C=O) groups is 2. The minimum absolute atomic E-state index is 0.151. The van der Waals surface area contributed by atoms with Crippen LogP contribution in [0.4, 0.5) is 4.79 Å². The van der Waals surface area contributed by atoms with Gasteiger partial charge in [0.15, 0.2) is 0 Å². The van der Waals surface area contributed by atoms with Gasteiger partial charge in [-0.05, 0) is 24.1 Å². The monoisotopic (exact) mass is 340 g/mol. The molecule has 0 aliphatic carbocycles. The van der Waals surface area contributed by atoms with Gasteiger partial charge in [0.25, 0.3) is 5.91 Å². The average molecular weight is 340 g/mol. The van der Waals surface area contributed by atoms with E-state index in [4.69, 9.17) is 4.74 Å². The zero-order valence-corrected chi connectivity index (χ0v) is 14.1. The van der Waals surface area contributed by atoms with E-state index in [9.17, 15) is 18.0 Å². The topological polar surface area (TPSA) is 92.8 Å². The van der Waals surface area contributed by atoms with Gasteiger partial charge < -0.3 is 10.1 Å². The van der Waals surface area contributed by atoms with Crippen LogP contribution in [0.15, 0.2) is 24.3 Å². The fraction of sp³-hybridized carbons (Fsp3) is 0.467. The number of imide groups is 1. The average Bonchev–Trinajstić information content (AvgIpc) is 2.76. The smallest absolute Gasteiger partial charge is 0.325 e. The molecular formula is C15H20N2O5S. The molecule has 1 unspecified atom stereocenters. The summed E-state index contributed by atoms with van der Waals surface area (Å²) in [6.45, 7) is 1.64. The Kier molecular flexibility index (Phi) is 4.65. The van der Waals surface area contributed by atoms with E-state index >= 15 is 0 Å². The molecule has 0 spiro atoms. The number of nitrogens with one attached hydrogen (secondary N) is 1. The summed E-state index contributed by atoms with van der Waals surface area (Å²) < 4.78 is 27.7. The number of sulfone groups is 1. The van der Waals surface area contributed by atoms with Gasteiger partial charge in [-0.1, -0.05) is 19.1 Å². The van der Waals surface area contributed by atoms with Gasteiger partial charge in [-0.3, -0.25) is 9.69 Å². The SMILES string of the molecule is CCC1(c2ccc(OC)cc2)NC(=O)N(CCS(C)(=O)=O)C1=O. The number of rotatable bonds is 6. The first-order chi connectivity index (χ1) is 10.7. The van der Waals surface area contributed by atoms with Gasteiger partial charge in [0.2, 0.25) is 0 Å². The number of nitrogens with zero attached hydrogens (tertiary/aromatic N) is 1. The highest BCUT2D eigenvalue weighted by Gasteiger charge is 2.51. The third kappa shape index (κ3) is 3.31. The van der Waals surface area contributed by atoms with E-state index in [1.165, 1.54) is 0 Å². The van der Waals surface area contributed by atoms with Crippen LogP contribution < -0.4 is 10.1 Å². The predicted molar refractivity (Wildman–Crippen MR) is 84.9 cm³/mol. The highest BCUT2D eigenvalue weighted by molar-refractivity contribution is 7.90. The van der Waals surface area contributed by atoms with E-state index in [1.807, 2.05) is 0 Å². The predicted octanol–water partition coefficient (Wildman–Crippen LogP) is 0.897. The zero-order valence-electron chi connectivity index (χ0n) is 13.3. The van der Waals surface area contributed by atoms with Gasteiger partial charge in [0.1, 0.15) is 21.1 Å². The molecule has 1 aliphatic heterocycles. The highest BCUT2D eigenvalue weighted by atomic mass is 32.2. The van der Waals surface area contributed by atoms with E-state index in [0.29, 0.717) is 17.7 Å². The van der Waals surface area contributed by atoms with Crippen LogP contribution in [0.2, 0.25) is 0 Å². The van der Waals surface area contributed by atoms with Crippen molar-refractivity contribution in [2.75, 3.05) is 25.7 Å². The van der Waals surface area contributed by atoms with Gasteiger partial charge in [0, 0.05) is 12.8 Å². The largest absolute Gasteiger partial charge is 0.497 e. The van der Waals surface area contributed by atoms with Crippen LogP contribution in [-0.2, 0) is 20.2 Å². The number of carbonyl (C=O) groups excluding carboxylic acids is 2. The molecule has 1 heterocycles.